The number of piperazine rings is 1. The smallest absolute Gasteiger partial charge is 0.253 e. The van der Waals surface area contributed by atoms with Gasteiger partial charge >= 0.3 is 0 Å². The first-order valence-corrected chi connectivity index (χ1v) is 9.67. The van der Waals surface area contributed by atoms with Crippen molar-refractivity contribution < 1.29 is 4.79 Å². The maximum absolute atomic E-state index is 12.8. The largest absolute Gasteiger partial charge is 0.352 e. The highest BCUT2D eigenvalue weighted by Crippen LogP contribution is 2.30. The minimum atomic E-state index is 0.118. The summed E-state index contributed by atoms with van der Waals surface area (Å²) in [6, 6.07) is 8.10. The molecule has 2 aromatic heterocycles. The number of hydrogen-bond donors (Lipinski definition) is 0. The molecule has 26 heavy (non-hydrogen) atoms. The molecule has 6 heteroatoms. The van der Waals surface area contributed by atoms with Crippen LogP contribution in [0.15, 0.2) is 30.6 Å². The first-order chi connectivity index (χ1) is 12.5. The third kappa shape index (κ3) is 3.05. The van der Waals surface area contributed by atoms with Gasteiger partial charge in [-0.1, -0.05) is 6.07 Å². The molecule has 0 saturated carbocycles. The van der Waals surface area contributed by atoms with Gasteiger partial charge in [-0.25, -0.2) is 9.97 Å². The zero-order valence-electron chi connectivity index (χ0n) is 15.3. The number of rotatable bonds is 2. The number of fused-ring (bicyclic) bond motifs is 1. The van der Waals surface area contributed by atoms with E-state index in [-0.39, 0.29) is 5.91 Å². The predicted octanol–water partition coefficient (Wildman–Crippen LogP) is 3.58. The summed E-state index contributed by atoms with van der Waals surface area (Å²) in [5, 5.41) is 1.11. The highest BCUT2D eigenvalue weighted by Gasteiger charge is 2.24. The number of carbonyl (C=O) groups excluding carboxylic acids is 1. The Morgan fingerprint density at radius 1 is 1.00 bits per heavy atom. The summed E-state index contributed by atoms with van der Waals surface area (Å²) in [6.07, 6.45) is 1.64. The molecule has 134 valence electrons. The fourth-order valence-corrected chi connectivity index (χ4v) is 4.24. The fourth-order valence-electron chi connectivity index (χ4n) is 3.39. The molecule has 1 amide bonds. The van der Waals surface area contributed by atoms with Gasteiger partial charge in [0.2, 0.25) is 0 Å². The van der Waals surface area contributed by atoms with Gasteiger partial charge in [0.05, 0.1) is 5.39 Å². The minimum Gasteiger partial charge on any atom is -0.352 e. The standard InChI is InChI=1S/C20H22N4OS/c1-13-4-5-16(10-14(13)2)20(25)24-8-6-23(7-9-24)18-17-11-15(3)26-19(17)22-12-21-18/h4-5,10-12H,6-9H2,1-3H3. The lowest BCUT2D eigenvalue weighted by Gasteiger charge is -2.35. The van der Waals surface area contributed by atoms with Crippen molar-refractivity contribution in [2.24, 2.45) is 0 Å². The van der Waals surface area contributed by atoms with Crippen LogP contribution < -0.4 is 4.90 Å². The molecular formula is C20H22N4OS. The van der Waals surface area contributed by atoms with Gasteiger partial charge in [0.15, 0.2) is 0 Å². The second kappa shape index (κ2) is 6.68. The van der Waals surface area contributed by atoms with Crippen molar-refractivity contribution in [2.45, 2.75) is 20.8 Å². The summed E-state index contributed by atoms with van der Waals surface area (Å²) in [5.41, 5.74) is 3.15. The molecule has 4 rings (SSSR count). The van der Waals surface area contributed by atoms with Crippen molar-refractivity contribution in [3.05, 3.63) is 52.2 Å². The number of benzene rings is 1. The van der Waals surface area contributed by atoms with Crippen LogP contribution in [-0.2, 0) is 0 Å². The molecule has 0 radical (unpaired) electrons. The van der Waals surface area contributed by atoms with Crippen molar-refractivity contribution in [1.29, 1.82) is 0 Å². The molecule has 0 bridgehead atoms. The van der Waals surface area contributed by atoms with Gasteiger partial charge in [0, 0.05) is 36.6 Å². The van der Waals surface area contributed by atoms with Gasteiger partial charge in [0.25, 0.3) is 5.91 Å². The predicted molar refractivity (Wildman–Crippen MR) is 106 cm³/mol. The molecule has 1 fully saturated rings. The van der Waals surface area contributed by atoms with E-state index in [2.05, 4.69) is 34.8 Å². The Bertz CT molecular complexity index is 973. The van der Waals surface area contributed by atoms with Crippen LogP contribution in [-0.4, -0.2) is 47.0 Å². The maximum atomic E-state index is 12.8. The number of amides is 1. The Morgan fingerprint density at radius 3 is 2.50 bits per heavy atom. The van der Waals surface area contributed by atoms with Crippen LogP contribution in [0.3, 0.4) is 0 Å². The highest BCUT2D eigenvalue weighted by atomic mass is 32.1. The SMILES string of the molecule is Cc1cc2c(N3CCN(C(=O)c4ccc(C)c(C)c4)CC3)ncnc2s1. The molecule has 0 spiro atoms. The molecule has 3 aromatic rings. The Kier molecular flexibility index (Phi) is 4.36. The van der Waals surface area contributed by atoms with Crippen molar-refractivity contribution in [1.82, 2.24) is 14.9 Å². The summed E-state index contributed by atoms with van der Waals surface area (Å²) >= 11 is 1.69. The van der Waals surface area contributed by atoms with Crippen LogP contribution in [0.25, 0.3) is 10.2 Å². The summed E-state index contributed by atoms with van der Waals surface area (Å²) in [7, 11) is 0. The number of aryl methyl sites for hydroxylation is 3. The normalized spacial score (nSPS) is 14.9. The van der Waals surface area contributed by atoms with Gasteiger partial charge in [0.1, 0.15) is 17.0 Å². The first-order valence-electron chi connectivity index (χ1n) is 8.85. The fraction of sp³-hybridized carbons (Fsp3) is 0.350. The molecule has 1 saturated heterocycles. The molecule has 1 aromatic carbocycles. The Hall–Kier alpha value is -2.47. The average Bonchev–Trinajstić information content (AvgIpc) is 3.03. The number of thiophene rings is 1. The number of hydrogen-bond acceptors (Lipinski definition) is 5. The Balaban J connectivity index is 1.50. The summed E-state index contributed by atoms with van der Waals surface area (Å²) in [6.45, 7) is 9.20. The highest BCUT2D eigenvalue weighted by molar-refractivity contribution is 7.18. The lowest BCUT2D eigenvalue weighted by molar-refractivity contribution is 0.0746. The van der Waals surface area contributed by atoms with Gasteiger partial charge in [-0.2, -0.15) is 0 Å². The van der Waals surface area contributed by atoms with Gasteiger partial charge < -0.3 is 9.80 Å². The molecule has 1 aliphatic heterocycles. The molecule has 1 aliphatic rings. The monoisotopic (exact) mass is 366 g/mol. The molecule has 0 N–H and O–H groups in total. The first kappa shape index (κ1) is 17.0. The number of carbonyl (C=O) groups is 1. The number of anilines is 1. The summed E-state index contributed by atoms with van der Waals surface area (Å²) < 4.78 is 0. The molecule has 5 nitrogen and oxygen atoms in total. The van der Waals surface area contributed by atoms with Crippen molar-refractivity contribution in [3.63, 3.8) is 0 Å². The molecule has 0 aliphatic carbocycles. The van der Waals surface area contributed by atoms with E-state index in [1.807, 2.05) is 30.0 Å². The van der Waals surface area contributed by atoms with E-state index in [0.29, 0.717) is 13.1 Å². The van der Waals surface area contributed by atoms with E-state index in [1.165, 1.54) is 10.4 Å². The molecule has 0 atom stereocenters. The zero-order chi connectivity index (χ0) is 18.3. The third-order valence-electron chi connectivity index (χ3n) is 5.05. The lowest BCUT2D eigenvalue weighted by atomic mass is 10.1. The van der Waals surface area contributed by atoms with E-state index in [4.69, 9.17) is 0 Å². The van der Waals surface area contributed by atoms with Gasteiger partial charge in [-0.3, -0.25) is 4.79 Å². The number of nitrogens with zero attached hydrogens (tertiary/aromatic N) is 4. The molecule has 0 unspecified atom stereocenters. The second-order valence-electron chi connectivity index (χ2n) is 6.85. The van der Waals surface area contributed by atoms with E-state index < -0.39 is 0 Å². The van der Waals surface area contributed by atoms with E-state index >= 15 is 0 Å². The van der Waals surface area contributed by atoms with Crippen molar-refractivity contribution >= 4 is 33.3 Å². The van der Waals surface area contributed by atoms with Crippen LogP contribution in [0.4, 0.5) is 5.82 Å². The quantitative estimate of drug-likeness (QED) is 0.696. The molecule has 3 heterocycles. The average molecular weight is 366 g/mol. The van der Waals surface area contributed by atoms with Crippen LogP contribution in [0.2, 0.25) is 0 Å². The van der Waals surface area contributed by atoms with Gasteiger partial charge in [-0.05, 0) is 50.1 Å². The Labute approximate surface area is 157 Å². The van der Waals surface area contributed by atoms with E-state index in [1.54, 1.807) is 17.7 Å². The van der Waals surface area contributed by atoms with Crippen LogP contribution in [0.5, 0.6) is 0 Å². The van der Waals surface area contributed by atoms with Gasteiger partial charge in [-0.15, -0.1) is 11.3 Å². The lowest BCUT2D eigenvalue weighted by Crippen LogP contribution is -2.49. The zero-order valence-corrected chi connectivity index (χ0v) is 16.1. The van der Waals surface area contributed by atoms with Crippen LogP contribution in [0.1, 0.15) is 26.4 Å². The van der Waals surface area contributed by atoms with Crippen molar-refractivity contribution in [2.75, 3.05) is 31.1 Å². The minimum absolute atomic E-state index is 0.118. The summed E-state index contributed by atoms with van der Waals surface area (Å²) in [5.74, 6) is 1.10. The van der Waals surface area contributed by atoms with E-state index in [9.17, 15) is 4.79 Å². The van der Waals surface area contributed by atoms with Crippen LogP contribution >= 0.6 is 11.3 Å². The molecular weight excluding hydrogens is 344 g/mol. The van der Waals surface area contributed by atoms with E-state index in [0.717, 1.165) is 40.3 Å². The maximum Gasteiger partial charge on any atom is 0.253 e. The Morgan fingerprint density at radius 2 is 1.77 bits per heavy atom. The number of aromatic nitrogens is 2. The topological polar surface area (TPSA) is 49.3 Å². The summed E-state index contributed by atoms with van der Waals surface area (Å²) in [4.78, 5) is 28.2. The second-order valence-corrected chi connectivity index (χ2v) is 8.09. The van der Waals surface area contributed by atoms with Crippen LogP contribution in [0, 0.1) is 20.8 Å². The third-order valence-corrected chi connectivity index (χ3v) is 6.01. The van der Waals surface area contributed by atoms with Crippen molar-refractivity contribution in [3.8, 4) is 0 Å².